The number of amides is 1. The molecule has 1 amide bonds. The van der Waals surface area contributed by atoms with E-state index in [-0.39, 0.29) is 44.1 Å². The fourth-order valence-electron chi connectivity index (χ4n) is 3.18. The molecule has 196 valence electrons. The highest BCUT2D eigenvalue weighted by Crippen LogP contribution is 2.39. The van der Waals surface area contributed by atoms with E-state index >= 15 is 0 Å². The number of nitro benzene ring substituents is 1. The SMILES string of the molecule is COc1ccc([N+](=O)[O-])cc1NC(=O)/C(C#N)=C/c1cc(Cl)c(OS(=O)(=O)c2ccc(C)cc2)c(OC)c1. The van der Waals surface area contributed by atoms with Crippen LogP contribution >= 0.6 is 11.6 Å². The van der Waals surface area contributed by atoms with Crippen molar-refractivity contribution in [2.24, 2.45) is 0 Å². The monoisotopic (exact) mass is 557 g/mol. The zero-order chi connectivity index (χ0) is 28.0. The summed E-state index contributed by atoms with van der Waals surface area (Å²) in [6.07, 6.45) is 1.17. The highest BCUT2D eigenvalue weighted by Gasteiger charge is 2.23. The molecule has 0 heterocycles. The molecule has 0 aliphatic carbocycles. The van der Waals surface area contributed by atoms with Gasteiger partial charge in [0.25, 0.3) is 11.6 Å². The summed E-state index contributed by atoms with van der Waals surface area (Å²) in [7, 11) is -1.67. The van der Waals surface area contributed by atoms with Crippen LogP contribution in [0.15, 0.2) is 65.1 Å². The lowest BCUT2D eigenvalue weighted by Gasteiger charge is -2.13. The Morgan fingerprint density at radius 2 is 1.74 bits per heavy atom. The van der Waals surface area contributed by atoms with Gasteiger partial charge in [0, 0.05) is 12.1 Å². The van der Waals surface area contributed by atoms with Crippen LogP contribution in [-0.2, 0) is 14.9 Å². The summed E-state index contributed by atoms with van der Waals surface area (Å²) in [5, 5.41) is 22.9. The zero-order valence-electron chi connectivity index (χ0n) is 20.2. The van der Waals surface area contributed by atoms with E-state index in [9.17, 15) is 28.6 Å². The first-order chi connectivity index (χ1) is 18.0. The maximum Gasteiger partial charge on any atom is 0.339 e. The van der Waals surface area contributed by atoms with Crippen LogP contribution in [0.5, 0.6) is 17.2 Å². The number of hydrogen-bond donors (Lipinski definition) is 1. The highest BCUT2D eigenvalue weighted by molar-refractivity contribution is 7.87. The first-order valence-electron chi connectivity index (χ1n) is 10.6. The summed E-state index contributed by atoms with van der Waals surface area (Å²) in [6, 6.07) is 13.9. The smallest absolute Gasteiger partial charge is 0.339 e. The molecule has 3 aromatic carbocycles. The van der Waals surface area contributed by atoms with E-state index in [1.165, 1.54) is 56.7 Å². The van der Waals surface area contributed by atoms with Gasteiger partial charge in [-0.25, -0.2) is 0 Å². The van der Waals surface area contributed by atoms with Crippen LogP contribution in [0.1, 0.15) is 11.1 Å². The average Bonchev–Trinajstić information content (AvgIpc) is 2.88. The van der Waals surface area contributed by atoms with Crippen molar-refractivity contribution in [3.05, 3.63) is 86.4 Å². The predicted molar refractivity (Wildman–Crippen MR) is 139 cm³/mol. The Bertz CT molecular complexity index is 1580. The highest BCUT2D eigenvalue weighted by atomic mass is 35.5. The quantitative estimate of drug-likeness (QED) is 0.127. The molecule has 0 saturated carbocycles. The normalized spacial score (nSPS) is 11.3. The van der Waals surface area contributed by atoms with Crippen molar-refractivity contribution in [3.8, 4) is 23.3 Å². The third-order valence-corrected chi connectivity index (χ3v) is 6.59. The summed E-state index contributed by atoms with van der Waals surface area (Å²) in [5.41, 5.74) is 0.365. The molecule has 0 unspecified atom stereocenters. The van der Waals surface area contributed by atoms with Crippen molar-refractivity contribution >= 4 is 45.1 Å². The molecule has 0 aliphatic heterocycles. The Kier molecular flexibility index (Phi) is 8.57. The minimum Gasteiger partial charge on any atom is -0.495 e. The first kappa shape index (κ1) is 28.0. The van der Waals surface area contributed by atoms with Gasteiger partial charge in [0.1, 0.15) is 22.3 Å². The van der Waals surface area contributed by atoms with E-state index < -0.39 is 26.5 Å². The number of halogens is 1. The number of aryl methyl sites for hydroxylation is 1. The number of nitrogens with one attached hydrogen (secondary N) is 1. The van der Waals surface area contributed by atoms with Gasteiger partial charge in [0.15, 0.2) is 5.75 Å². The molecule has 0 saturated heterocycles. The average molecular weight is 558 g/mol. The Balaban J connectivity index is 1.93. The second-order valence-electron chi connectivity index (χ2n) is 7.65. The van der Waals surface area contributed by atoms with E-state index in [4.69, 9.17) is 25.3 Å². The van der Waals surface area contributed by atoms with E-state index in [1.807, 2.05) is 0 Å². The van der Waals surface area contributed by atoms with Crippen molar-refractivity contribution in [2.75, 3.05) is 19.5 Å². The molecule has 1 N–H and O–H groups in total. The molecule has 0 atom stereocenters. The second kappa shape index (κ2) is 11.6. The largest absolute Gasteiger partial charge is 0.495 e. The minimum absolute atomic E-state index is 0.0199. The van der Waals surface area contributed by atoms with Crippen molar-refractivity contribution in [2.45, 2.75) is 11.8 Å². The molecule has 13 heteroatoms. The molecule has 3 aromatic rings. The van der Waals surface area contributed by atoms with Gasteiger partial charge in [0.05, 0.1) is 29.9 Å². The summed E-state index contributed by atoms with van der Waals surface area (Å²) in [4.78, 5) is 23.1. The maximum atomic E-state index is 12.8. The number of hydrogen-bond acceptors (Lipinski definition) is 9. The molecular weight excluding hydrogens is 538 g/mol. The number of nitrogens with zero attached hydrogens (tertiary/aromatic N) is 2. The van der Waals surface area contributed by atoms with Crippen molar-refractivity contribution in [3.63, 3.8) is 0 Å². The fourth-order valence-corrected chi connectivity index (χ4v) is 4.44. The van der Waals surface area contributed by atoms with Gasteiger partial charge in [-0.3, -0.25) is 14.9 Å². The van der Waals surface area contributed by atoms with Gasteiger partial charge >= 0.3 is 10.1 Å². The topological polar surface area (TPSA) is 158 Å². The van der Waals surface area contributed by atoms with Crippen molar-refractivity contribution in [1.82, 2.24) is 0 Å². The third kappa shape index (κ3) is 6.39. The fraction of sp³-hybridized carbons (Fsp3) is 0.120. The number of rotatable bonds is 9. The lowest BCUT2D eigenvalue weighted by molar-refractivity contribution is -0.384. The zero-order valence-corrected chi connectivity index (χ0v) is 21.8. The van der Waals surface area contributed by atoms with Gasteiger partial charge in [-0.2, -0.15) is 13.7 Å². The maximum absolute atomic E-state index is 12.8. The van der Waals surface area contributed by atoms with Crippen molar-refractivity contribution < 1.29 is 31.8 Å². The second-order valence-corrected chi connectivity index (χ2v) is 9.60. The van der Waals surface area contributed by atoms with Crippen LogP contribution in [-0.4, -0.2) is 33.5 Å². The van der Waals surface area contributed by atoms with Crippen LogP contribution in [0.4, 0.5) is 11.4 Å². The summed E-state index contributed by atoms with van der Waals surface area (Å²) < 4.78 is 41.0. The van der Waals surface area contributed by atoms with Crippen LogP contribution in [0.3, 0.4) is 0 Å². The lowest BCUT2D eigenvalue weighted by Crippen LogP contribution is -2.14. The molecule has 0 fully saturated rings. The first-order valence-corrected chi connectivity index (χ1v) is 12.4. The number of nitriles is 1. The number of carbonyl (C=O) groups is 1. The number of methoxy groups -OCH3 is 2. The molecular formula is C25H20ClN3O8S. The molecule has 0 spiro atoms. The Labute approximate surface area is 223 Å². The number of anilines is 1. The van der Waals surface area contributed by atoms with E-state index in [0.717, 1.165) is 11.6 Å². The van der Waals surface area contributed by atoms with Crippen LogP contribution < -0.4 is 19.0 Å². The van der Waals surface area contributed by atoms with E-state index in [0.29, 0.717) is 0 Å². The molecule has 3 rings (SSSR count). The number of non-ortho nitro benzene ring substituents is 1. The number of benzene rings is 3. The van der Waals surface area contributed by atoms with Crippen molar-refractivity contribution in [1.29, 1.82) is 5.26 Å². The summed E-state index contributed by atoms with van der Waals surface area (Å²) >= 11 is 6.29. The lowest BCUT2D eigenvalue weighted by atomic mass is 10.1. The number of nitro groups is 1. The van der Waals surface area contributed by atoms with Gasteiger partial charge < -0.3 is 19.0 Å². The van der Waals surface area contributed by atoms with Gasteiger partial charge in [-0.1, -0.05) is 29.3 Å². The third-order valence-electron chi connectivity index (χ3n) is 5.07. The molecule has 0 radical (unpaired) electrons. The standard InChI is InChI=1S/C25H20ClN3O8S/c1-15-4-7-19(8-5-15)38(33,34)37-24-20(26)11-16(12-23(24)36-3)10-17(14-27)25(30)28-21-13-18(29(31)32)6-9-22(21)35-2/h4-13H,1-3H3,(H,28,30)/b17-10+. The Morgan fingerprint density at radius 3 is 2.32 bits per heavy atom. The van der Waals surface area contributed by atoms with Gasteiger partial charge in [0.2, 0.25) is 5.75 Å². The van der Waals surface area contributed by atoms with Crippen LogP contribution in [0.2, 0.25) is 5.02 Å². The van der Waals surface area contributed by atoms with E-state index in [1.54, 1.807) is 25.1 Å². The minimum atomic E-state index is -4.25. The van der Waals surface area contributed by atoms with Gasteiger partial charge in [-0.15, -0.1) is 0 Å². The molecule has 0 bridgehead atoms. The van der Waals surface area contributed by atoms with E-state index in [2.05, 4.69) is 5.32 Å². The van der Waals surface area contributed by atoms with Crippen LogP contribution in [0, 0.1) is 28.4 Å². The molecule has 0 aliphatic rings. The number of ether oxygens (including phenoxy) is 2. The Morgan fingerprint density at radius 1 is 1.08 bits per heavy atom. The molecule has 0 aromatic heterocycles. The number of carbonyl (C=O) groups excluding carboxylic acids is 1. The van der Waals surface area contributed by atoms with Crippen LogP contribution in [0.25, 0.3) is 6.08 Å². The predicted octanol–water partition coefficient (Wildman–Crippen LogP) is 4.89. The Hall–Kier alpha value is -4.60. The summed E-state index contributed by atoms with van der Waals surface area (Å²) in [5.74, 6) is -1.10. The molecule has 38 heavy (non-hydrogen) atoms. The molecule has 11 nitrogen and oxygen atoms in total. The summed E-state index contributed by atoms with van der Waals surface area (Å²) in [6.45, 7) is 1.80. The van der Waals surface area contributed by atoms with Gasteiger partial charge in [-0.05, 0) is 48.9 Å².